The summed E-state index contributed by atoms with van der Waals surface area (Å²) in [6, 6.07) is 6.06. The number of methoxy groups -OCH3 is 1. The molecule has 1 unspecified atom stereocenters. The average molecular weight is 406 g/mol. The Kier molecular flexibility index (Phi) is 10.7. The molecule has 0 aromatic heterocycles. The fourth-order valence-electron chi connectivity index (χ4n) is 3.79. The highest BCUT2D eigenvalue weighted by Crippen LogP contribution is 2.32. The minimum atomic E-state index is 0.232. The van der Waals surface area contributed by atoms with Crippen molar-refractivity contribution >= 4 is 5.96 Å². The first-order chi connectivity index (χ1) is 14.2. The zero-order valence-electron chi connectivity index (χ0n) is 18.4. The van der Waals surface area contributed by atoms with E-state index in [0.29, 0.717) is 18.6 Å². The Balaban J connectivity index is 2.01. The number of benzene rings is 1. The van der Waals surface area contributed by atoms with E-state index in [-0.39, 0.29) is 6.61 Å². The lowest BCUT2D eigenvalue weighted by Gasteiger charge is -2.18. The molecule has 0 spiro atoms. The zero-order chi connectivity index (χ0) is 20.9. The molecule has 6 nitrogen and oxygen atoms in total. The highest BCUT2D eigenvalue weighted by atomic mass is 16.5. The Morgan fingerprint density at radius 3 is 2.62 bits per heavy atom. The number of ether oxygens (including phenoxy) is 2. The van der Waals surface area contributed by atoms with Gasteiger partial charge in [-0.1, -0.05) is 19.4 Å². The van der Waals surface area contributed by atoms with Crippen LogP contribution < -0.4 is 20.1 Å². The maximum absolute atomic E-state index is 9.26. The molecule has 29 heavy (non-hydrogen) atoms. The van der Waals surface area contributed by atoms with E-state index in [2.05, 4.69) is 30.5 Å². The number of rotatable bonds is 12. The van der Waals surface area contributed by atoms with E-state index in [0.717, 1.165) is 68.2 Å². The van der Waals surface area contributed by atoms with E-state index in [1.54, 1.807) is 7.11 Å². The second-order valence-corrected chi connectivity index (χ2v) is 7.75. The van der Waals surface area contributed by atoms with Crippen LogP contribution in [0.5, 0.6) is 11.5 Å². The van der Waals surface area contributed by atoms with Crippen molar-refractivity contribution in [2.75, 3.05) is 26.8 Å². The number of nitrogens with one attached hydrogen (secondary N) is 2. The second-order valence-electron chi connectivity index (χ2n) is 7.75. The molecule has 0 amide bonds. The molecule has 1 aliphatic carbocycles. The van der Waals surface area contributed by atoms with Gasteiger partial charge >= 0.3 is 0 Å². The summed E-state index contributed by atoms with van der Waals surface area (Å²) < 4.78 is 11.7. The van der Waals surface area contributed by atoms with E-state index in [1.165, 1.54) is 12.8 Å². The van der Waals surface area contributed by atoms with Crippen molar-refractivity contribution in [2.24, 2.45) is 10.9 Å². The standard InChI is InChI=1S/C23H39N3O3/c1-4-8-18(13-14-27)16-25-23(24-5-2)26-17-19-11-12-21(28-3)22(15-19)29-20-9-6-7-10-20/h11-12,15,18,20,27H,4-10,13-14,16-17H2,1-3H3,(H2,24,25,26). The van der Waals surface area contributed by atoms with Gasteiger partial charge in [0.1, 0.15) is 0 Å². The largest absolute Gasteiger partial charge is 0.493 e. The van der Waals surface area contributed by atoms with Crippen LogP contribution in [0.1, 0.15) is 64.4 Å². The number of aliphatic hydroxyl groups is 1. The maximum Gasteiger partial charge on any atom is 0.191 e. The van der Waals surface area contributed by atoms with Gasteiger partial charge in [0.15, 0.2) is 17.5 Å². The highest BCUT2D eigenvalue weighted by molar-refractivity contribution is 5.79. The minimum Gasteiger partial charge on any atom is -0.493 e. The van der Waals surface area contributed by atoms with E-state index in [4.69, 9.17) is 14.5 Å². The SMILES string of the molecule is CCCC(CCO)CNC(=NCc1ccc(OC)c(OC2CCCC2)c1)NCC. The molecule has 6 heteroatoms. The Morgan fingerprint density at radius 1 is 1.17 bits per heavy atom. The van der Waals surface area contributed by atoms with Crippen LogP contribution in [0.2, 0.25) is 0 Å². The Bertz CT molecular complexity index is 609. The smallest absolute Gasteiger partial charge is 0.191 e. The van der Waals surface area contributed by atoms with Gasteiger partial charge in [0, 0.05) is 19.7 Å². The molecule has 0 heterocycles. The maximum atomic E-state index is 9.26. The van der Waals surface area contributed by atoms with Gasteiger partial charge in [-0.3, -0.25) is 0 Å². The fraction of sp³-hybridized carbons (Fsp3) is 0.696. The summed E-state index contributed by atoms with van der Waals surface area (Å²) in [6.45, 7) is 6.67. The van der Waals surface area contributed by atoms with Gasteiger partial charge in [-0.25, -0.2) is 4.99 Å². The summed E-state index contributed by atoms with van der Waals surface area (Å²) in [6.07, 6.45) is 8.06. The van der Waals surface area contributed by atoms with Crippen molar-refractivity contribution < 1.29 is 14.6 Å². The molecule has 1 aliphatic rings. The molecule has 1 aromatic rings. The van der Waals surface area contributed by atoms with Crippen molar-refractivity contribution in [2.45, 2.75) is 71.4 Å². The van der Waals surface area contributed by atoms with Crippen LogP contribution >= 0.6 is 0 Å². The molecule has 0 bridgehead atoms. The molecular weight excluding hydrogens is 366 g/mol. The minimum absolute atomic E-state index is 0.232. The summed E-state index contributed by atoms with van der Waals surface area (Å²) in [5, 5.41) is 16.0. The van der Waals surface area contributed by atoms with Crippen LogP contribution in [-0.4, -0.2) is 44.0 Å². The quantitative estimate of drug-likeness (QED) is 0.364. The molecule has 164 valence electrons. The van der Waals surface area contributed by atoms with Gasteiger partial charge in [0.25, 0.3) is 0 Å². The number of nitrogens with zero attached hydrogens (tertiary/aromatic N) is 1. The number of aliphatic imine (C=N–C) groups is 1. The summed E-state index contributed by atoms with van der Waals surface area (Å²) >= 11 is 0. The van der Waals surface area contributed by atoms with Crippen LogP contribution in [0.4, 0.5) is 0 Å². The zero-order valence-corrected chi connectivity index (χ0v) is 18.4. The van der Waals surface area contributed by atoms with Crippen LogP contribution in [0, 0.1) is 5.92 Å². The number of hydrogen-bond acceptors (Lipinski definition) is 4. The van der Waals surface area contributed by atoms with Crippen LogP contribution in [0.25, 0.3) is 0 Å². The molecule has 0 aliphatic heterocycles. The number of guanidine groups is 1. The van der Waals surface area contributed by atoms with E-state index < -0.39 is 0 Å². The molecule has 1 aromatic carbocycles. The summed E-state index contributed by atoms with van der Waals surface area (Å²) in [4.78, 5) is 4.74. The normalized spacial score (nSPS) is 15.9. The first kappa shape index (κ1) is 23.3. The van der Waals surface area contributed by atoms with Gasteiger partial charge in [-0.05, 0) is 69.1 Å². The fourth-order valence-corrected chi connectivity index (χ4v) is 3.79. The molecule has 1 fully saturated rings. The van der Waals surface area contributed by atoms with Gasteiger partial charge in [-0.15, -0.1) is 0 Å². The lowest BCUT2D eigenvalue weighted by atomic mass is 10.0. The van der Waals surface area contributed by atoms with Crippen molar-refractivity contribution in [3.05, 3.63) is 23.8 Å². The number of aliphatic hydroxyl groups excluding tert-OH is 1. The molecule has 2 rings (SSSR count). The molecule has 0 saturated heterocycles. The van der Waals surface area contributed by atoms with Crippen molar-refractivity contribution in [1.82, 2.24) is 10.6 Å². The van der Waals surface area contributed by atoms with Crippen LogP contribution in [-0.2, 0) is 6.54 Å². The van der Waals surface area contributed by atoms with E-state index in [9.17, 15) is 5.11 Å². The molecule has 1 saturated carbocycles. The third-order valence-electron chi connectivity index (χ3n) is 5.38. The first-order valence-electron chi connectivity index (χ1n) is 11.2. The lowest BCUT2D eigenvalue weighted by Crippen LogP contribution is -2.40. The Hall–Kier alpha value is -1.95. The summed E-state index contributed by atoms with van der Waals surface area (Å²) in [7, 11) is 1.68. The summed E-state index contributed by atoms with van der Waals surface area (Å²) in [5.41, 5.74) is 1.09. The van der Waals surface area contributed by atoms with Crippen molar-refractivity contribution in [3.8, 4) is 11.5 Å². The summed E-state index contributed by atoms with van der Waals surface area (Å²) in [5.74, 6) is 2.86. The van der Waals surface area contributed by atoms with Gasteiger partial charge < -0.3 is 25.2 Å². The second kappa shape index (κ2) is 13.3. The molecular formula is C23H39N3O3. The van der Waals surface area contributed by atoms with Crippen molar-refractivity contribution in [3.63, 3.8) is 0 Å². The third-order valence-corrected chi connectivity index (χ3v) is 5.38. The molecule has 3 N–H and O–H groups in total. The first-order valence-corrected chi connectivity index (χ1v) is 11.2. The average Bonchev–Trinajstić information content (AvgIpc) is 3.23. The van der Waals surface area contributed by atoms with Gasteiger partial charge in [0.2, 0.25) is 0 Å². The number of hydrogen-bond donors (Lipinski definition) is 3. The molecule has 1 atom stereocenters. The van der Waals surface area contributed by atoms with Crippen LogP contribution in [0.15, 0.2) is 23.2 Å². The Morgan fingerprint density at radius 2 is 1.97 bits per heavy atom. The Labute approximate surface area is 176 Å². The lowest BCUT2D eigenvalue weighted by molar-refractivity contribution is 0.200. The van der Waals surface area contributed by atoms with Crippen LogP contribution in [0.3, 0.4) is 0 Å². The van der Waals surface area contributed by atoms with Gasteiger partial charge in [-0.2, -0.15) is 0 Å². The predicted molar refractivity (Wildman–Crippen MR) is 119 cm³/mol. The predicted octanol–water partition coefficient (Wildman–Crippen LogP) is 3.87. The highest BCUT2D eigenvalue weighted by Gasteiger charge is 2.18. The topological polar surface area (TPSA) is 75.1 Å². The molecule has 0 radical (unpaired) electrons. The monoisotopic (exact) mass is 405 g/mol. The van der Waals surface area contributed by atoms with Crippen molar-refractivity contribution in [1.29, 1.82) is 0 Å². The van der Waals surface area contributed by atoms with Gasteiger partial charge in [0.05, 0.1) is 19.8 Å². The van der Waals surface area contributed by atoms with E-state index in [1.807, 2.05) is 12.1 Å². The third kappa shape index (κ3) is 8.13. The van der Waals surface area contributed by atoms with E-state index >= 15 is 0 Å².